The summed E-state index contributed by atoms with van der Waals surface area (Å²) >= 11 is 3.95. The largest absolute Gasteiger partial charge is 0.481 e. The van der Waals surface area contributed by atoms with Gasteiger partial charge < -0.3 is 55.6 Å². The zero-order valence-electron chi connectivity index (χ0n) is 28.8. The highest BCUT2D eigenvalue weighted by molar-refractivity contribution is 7.80. The SMILES string of the molecule is CC(C)(COP(=O)(O)OP(=O)(O)OC[C@H]1O[C@@H](n2cnc3c(NC(=O)CCC(=O)O)ncnc32)[C@H](O)[C@@H]1OP(=O)(O)O)[C@@H](O)C(=O)NCCC(=O)NCCS. The summed E-state index contributed by atoms with van der Waals surface area (Å²) in [5.74, 6) is -3.11. The fourth-order valence-corrected chi connectivity index (χ4v) is 7.56. The highest BCUT2D eigenvalue weighted by Gasteiger charge is 2.50. The lowest BCUT2D eigenvalue weighted by Crippen LogP contribution is -2.46. The molecule has 0 saturated carbocycles. The second-order valence-corrected chi connectivity index (χ2v) is 16.9. The Bertz CT molecular complexity index is 1850. The summed E-state index contributed by atoms with van der Waals surface area (Å²) in [6.07, 6.45) is -8.38. The van der Waals surface area contributed by atoms with E-state index in [4.69, 9.17) is 18.9 Å². The van der Waals surface area contributed by atoms with E-state index in [1.54, 1.807) is 0 Å². The Morgan fingerprint density at radius 3 is 2.29 bits per heavy atom. The van der Waals surface area contributed by atoms with Gasteiger partial charge in [-0.25, -0.2) is 28.6 Å². The molecule has 0 aromatic carbocycles. The van der Waals surface area contributed by atoms with Gasteiger partial charge in [-0.3, -0.25) is 37.3 Å². The quantitative estimate of drug-likeness (QED) is 0.0476. The lowest BCUT2D eigenvalue weighted by molar-refractivity contribution is -0.138. The number of nitrogens with zero attached hydrogens (tertiary/aromatic N) is 4. The second kappa shape index (κ2) is 19.5. The highest BCUT2D eigenvalue weighted by atomic mass is 32.1. The van der Waals surface area contributed by atoms with Gasteiger partial charge in [-0.1, -0.05) is 13.8 Å². The number of carbonyl (C=O) groups excluding carboxylic acids is 3. The molecule has 30 heteroatoms. The third-order valence-electron chi connectivity index (χ3n) is 7.31. The Morgan fingerprint density at radius 2 is 1.65 bits per heavy atom. The van der Waals surface area contributed by atoms with Crippen LogP contribution in [0.5, 0.6) is 0 Å². The van der Waals surface area contributed by atoms with Crippen LogP contribution < -0.4 is 16.0 Å². The number of amides is 3. The first-order chi connectivity index (χ1) is 25.4. The van der Waals surface area contributed by atoms with Crippen LogP contribution in [0.1, 0.15) is 39.3 Å². The number of aromatic nitrogens is 4. The number of carbonyl (C=O) groups is 4. The third-order valence-corrected chi connectivity index (χ3v) is 10.6. The molecule has 310 valence electrons. The average molecular weight is 868 g/mol. The summed E-state index contributed by atoms with van der Waals surface area (Å²) in [4.78, 5) is 98.2. The zero-order chi connectivity index (χ0) is 41.4. The summed E-state index contributed by atoms with van der Waals surface area (Å²) in [6.45, 7) is 0.516. The van der Waals surface area contributed by atoms with Gasteiger partial charge in [0.25, 0.3) is 0 Å². The minimum absolute atomic E-state index is 0.0954. The van der Waals surface area contributed by atoms with Crippen LogP contribution in [0, 0.1) is 5.41 Å². The smallest absolute Gasteiger partial charge is 0.481 e. The van der Waals surface area contributed by atoms with Crippen molar-refractivity contribution in [3.8, 4) is 0 Å². The normalized spacial score (nSPS) is 21.7. The number of ether oxygens (including phenoxy) is 1. The molecule has 55 heavy (non-hydrogen) atoms. The van der Waals surface area contributed by atoms with Gasteiger partial charge in [0.1, 0.15) is 30.7 Å². The van der Waals surface area contributed by atoms with Gasteiger partial charge in [-0.2, -0.15) is 16.9 Å². The molecular formula is C25H40N7O19P3S. The number of carboxylic acid groups (broad SMARTS) is 1. The van der Waals surface area contributed by atoms with Crippen LogP contribution in [0.15, 0.2) is 12.7 Å². The molecule has 0 radical (unpaired) electrons. The highest BCUT2D eigenvalue weighted by Crippen LogP contribution is 2.61. The molecule has 10 N–H and O–H groups in total. The molecule has 26 nitrogen and oxygen atoms in total. The number of hydrogen-bond donors (Lipinski definition) is 11. The number of aliphatic carboxylic acids is 1. The standard InChI is InChI=1S/C25H40N7O19P3S/c1-25(2,20(38)23(39)27-6-5-14(33)26-7-8-55)10-48-54(45,46)51-53(43,44)47-9-13-19(50-52(40,41)42)18(37)24(49-13)32-12-30-17-21(28-11-29-22(17)32)31-15(34)3-4-16(35)36/h11-13,18-20,24,37-38,55H,3-10H2,1-2H3,(H,26,33)(H,27,39)(H,35,36)(H,43,44)(H,45,46)(H2,40,41,42)(H,28,29,31,34)/t13-,18-,19-,20+,24-/m1/s1. The molecule has 1 aliphatic rings. The number of fused-ring (bicyclic) bond motifs is 1. The number of carboxylic acids is 1. The third kappa shape index (κ3) is 14.2. The molecule has 3 amide bonds. The minimum atomic E-state index is -5.62. The van der Waals surface area contributed by atoms with Crippen LogP contribution in [0.3, 0.4) is 0 Å². The number of aliphatic hydroxyl groups excluding tert-OH is 2. The van der Waals surface area contributed by atoms with Crippen molar-refractivity contribution >= 4 is 76.8 Å². The predicted octanol–water partition coefficient (Wildman–Crippen LogP) is -1.44. The summed E-state index contributed by atoms with van der Waals surface area (Å²) in [6, 6.07) is 0. The minimum Gasteiger partial charge on any atom is -0.481 e. The molecule has 1 saturated heterocycles. The van der Waals surface area contributed by atoms with Crippen molar-refractivity contribution in [1.82, 2.24) is 30.2 Å². The van der Waals surface area contributed by atoms with Gasteiger partial charge >= 0.3 is 29.4 Å². The Labute approximate surface area is 316 Å². The maximum atomic E-state index is 12.7. The number of rotatable bonds is 22. The van der Waals surface area contributed by atoms with E-state index in [0.29, 0.717) is 12.3 Å². The van der Waals surface area contributed by atoms with Crippen molar-refractivity contribution in [3.63, 3.8) is 0 Å². The van der Waals surface area contributed by atoms with Gasteiger partial charge in [-0.05, 0) is 0 Å². The Kier molecular flexibility index (Phi) is 16.4. The van der Waals surface area contributed by atoms with E-state index >= 15 is 0 Å². The Morgan fingerprint density at radius 1 is 0.982 bits per heavy atom. The maximum Gasteiger partial charge on any atom is 0.481 e. The van der Waals surface area contributed by atoms with E-state index in [-0.39, 0.29) is 29.9 Å². The molecule has 3 heterocycles. The van der Waals surface area contributed by atoms with Crippen molar-refractivity contribution in [2.45, 2.75) is 63.8 Å². The molecule has 0 bridgehead atoms. The van der Waals surface area contributed by atoms with Gasteiger partial charge in [0.05, 0.1) is 26.0 Å². The maximum absolute atomic E-state index is 12.7. The van der Waals surface area contributed by atoms with Gasteiger partial charge in [0.15, 0.2) is 23.2 Å². The first-order valence-electron chi connectivity index (χ1n) is 15.7. The zero-order valence-corrected chi connectivity index (χ0v) is 32.4. The number of phosphoric ester groups is 3. The molecule has 0 aliphatic carbocycles. The number of hydrogen-bond acceptors (Lipinski definition) is 18. The number of anilines is 1. The number of imidazole rings is 1. The number of phosphoric acid groups is 3. The van der Waals surface area contributed by atoms with Gasteiger partial charge in [-0.15, -0.1) is 0 Å². The summed E-state index contributed by atoms with van der Waals surface area (Å²) < 4.78 is 62.0. The molecule has 7 atom stereocenters. The van der Waals surface area contributed by atoms with Crippen molar-refractivity contribution in [2.24, 2.45) is 5.41 Å². The van der Waals surface area contributed by atoms with E-state index in [1.807, 2.05) is 0 Å². The number of nitrogens with one attached hydrogen (secondary N) is 3. The molecular weight excluding hydrogens is 827 g/mol. The molecule has 1 fully saturated rings. The lowest BCUT2D eigenvalue weighted by Gasteiger charge is -2.30. The first kappa shape index (κ1) is 46.4. The number of thiol groups is 1. The Balaban J connectivity index is 1.66. The van der Waals surface area contributed by atoms with Crippen molar-refractivity contribution in [3.05, 3.63) is 12.7 Å². The molecule has 2 aromatic rings. The summed E-state index contributed by atoms with van der Waals surface area (Å²) in [5, 5.41) is 37.4. The molecule has 2 unspecified atom stereocenters. The monoisotopic (exact) mass is 867 g/mol. The van der Waals surface area contributed by atoms with E-state index < -0.39 is 109 Å². The molecule has 1 aliphatic heterocycles. The Hall–Kier alpha value is -2.97. The van der Waals surface area contributed by atoms with Crippen LogP contribution in [0.2, 0.25) is 0 Å². The van der Waals surface area contributed by atoms with E-state index in [9.17, 15) is 62.7 Å². The first-order valence-corrected chi connectivity index (χ1v) is 20.9. The molecule has 0 spiro atoms. The van der Waals surface area contributed by atoms with Crippen LogP contribution in [0.25, 0.3) is 11.2 Å². The fourth-order valence-electron chi connectivity index (χ4n) is 4.62. The van der Waals surface area contributed by atoms with Crippen LogP contribution in [-0.2, 0) is 55.5 Å². The van der Waals surface area contributed by atoms with Crippen LogP contribution in [-0.4, -0.2) is 135 Å². The summed E-state index contributed by atoms with van der Waals surface area (Å²) in [7, 11) is -16.6. The fraction of sp³-hybridized carbons (Fsp3) is 0.640. The lowest BCUT2D eigenvalue weighted by atomic mass is 9.87. The van der Waals surface area contributed by atoms with E-state index in [0.717, 1.165) is 17.2 Å². The average Bonchev–Trinajstić information content (AvgIpc) is 3.64. The van der Waals surface area contributed by atoms with Gasteiger partial charge in [0.2, 0.25) is 17.7 Å². The summed E-state index contributed by atoms with van der Waals surface area (Å²) in [5.41, 5.74) is -1.84. The van der Waals surface area contributed by atoms with Crippen LogP contribution in [0.4, 0.5) is 5.82 Å². The van der Waals surface area contributed by atoms with E-state index in [2.05, 4.69) is 52.4 Å². The molecule has 2 aromatic heterocycles. The van der Waals surface area contributed by atoms with E-state index in [1.165, 1.54) is 13.8 Å². The predicted molar refractivity (Wildman–Crippen MR) is 185 cm³/mol. The number of aliphatic hydroxyl groups is 2. The van der Waals surface area contributed by atoms with Gasteiger partial charge in [0, 0.05) is 37.1 Å². The second-order valence-electron chi connectivity index (χ2n) is 12.2. The topological polar surface area (TPSA) is 387 Å². The van der Waals surface area contributed by atoms with Crippen LogP contribution >= 0.6 is 36.1 Å². The van der Waals surface area contributed by atoms with Crippen molar-refractivity contribution < 1.29 is 90.4 Å². The molecule has 3 rings (SSSR count). The van der Waals surface area contributed by atoms with Crippen molar-refractivity contribution in [1.29, 1.82) is 0 Å². The van der Waals surface area contributed by atoms with Crippen molar-refractivity contribution in [2.75, 3.05) is 37.4 Å².